The van der Waals surface area contributed by atoms with Gasteiger partial charge < -0.3 is 20.4 Å². The Kier molecular flexibility index (Phi) is 8.56. The van der Waals surface area contributed by atoms with E-state index in [0.717, 1.165) is 89.1 Å². The van der Waals surface area contributed by atoms with Crippen LogP contribution in [0.2, 0.25) is 0 Å². The Morgan fingerprint density at radius 3 is 2.40 bits per heavy atom. The second kappa shape index (κ2) is 13.6. The van der Waals surface area contributed by atoms with Crippen LogP contribution in [0.25, 0.3) is 11.0 Å². The molecule has 4 aliphatic heterocycles. The van der Waals surface area contributed by atoms with Gasteiger partial charge in [-0.2, -0.15) is 10.1 Å². The number of imide groups is 2. The minimum Gasteiger partial charge on any atom is -0.371 e. The van der Waals surface area contributed by atoms with Crippen molar-refractivity contribution < 1.29 is 19.2 Å². The van der Waals surface area contributed by atoms with Crippen molar-refractivity contribution in [3.8, 4) is 0 Å². The molecule has 3 N–H and O–H groups in total. The molecule has 9 rings (SSSR count). The molecule has 0 aliphatic carbocycles. The van der Waals surface area contributed by atoms with Crippen molar-refractivity contribution in [3.05, 3.63) is 94.7 Å². The van der Waals surface area contributed by atoms with Crippen molar-refractivity contribution >= 4 is 63.5 Å². The van der Waals surface area contributed by atoms with Gasteiger partial charge in [0.05, 0.1) is 16.5 Å². The van der Waals surface area contributed by atoms with Gasteiger partial charge in [-0.25, -0.2) is 9.67 Å². The lowest BCUT2D eigenvalue weighted by molar-refractivity contribution is -0.136. The second-order valence-electron chi connectivity index (χ2n) is 15.2. The fourth-order valence-corrected chi connectivity index (χ4v) is 8.45. The lowest BCUT2D eigenvalue weighted by Gasteiger charge is -2.41. The number of hydrogen-bond acceptors (Lipinski definition) is 11. The number of aromatic nitrogens is 4. The van der Waals surface area contributed by atoms with Crippen molar-refractivity contribution in [2.75, 3.05) is 48.3 Å². The number of carbonyl (C=O) groups excluding carboxylic acids is 4. The van der Waals surface area contributed by atoms with Gasteiger partial charge in [-0.1, -0.05) is 30.3 Å². The predicted octanol–water partition coefficient (Wildman–Crippen LogP) is 4.79. The highest BCUT2D eigenvalue weighted by molar-refractivity contribution is 6.23. The lowest BCUT2D eigenvalue weighted by Crippen LogP contribution is -2.54. The average Bonchev–Trinajstić information content (AvgIpc) is 3.82. The van der Waals surface area contributed by atoms with Gasteiger partial charge >= 0.3 is 0 Å². The van der Waals surface area contributed by atoms with Crippen molar-refractivity contribution in [3.63, 3.8) is 0 Å². The molecule has 0 saturated carbocycles. The molecule has 0 bridgehead atoms. The van der Waals surface area contributed by atoms with Crippen LogP contribution in [0.15, 0.2) is 66.9 Å². The Bertz CT molecular complexity index is 2360. The first kappa shape index (κ1) is 34.6. The summed E-state index contributed by atoms with van der Waals surface area (Å²) in [4.78, 5) is 65.7. The number of amides is 4. The zero-order valence-electron chi connectivity index (χ0n) is 31.0. The smallest absolute Gasteiger partial charge is 0.262 e. The quantitative estimate of drug-likeness (QED) is 0.179. The van der Waals surface area contributed by atoms with Crippen LogP contribution >= 0.6 is 0 Å². The van der Waals surface area contributed by atoms with Crippen LogP contribution in [0.4, 0.5) is 28.8 Å². The molecule has 4 aliphatic rings. The van der Waals surface area contributed by atoms with E-state index < -0.39 is 23.8 Å². The number of hydrogen-bond donors (Lipinski definition) is 3. The molecule has 0 radical (unpaired) electrons. The minimum absolute atomic E-state index is 0.0993. The number of benzene rings is 3. The number of rotatable bonds is 9. The van der Waals surface area contributed by atoms with E-state index in [0.29, 0.717) is 28.9 Å². The highest BCUT2D eigenvalue weighted by Crippen LogP contribution is 2.35. The summed E-state index contributed by atoms with van der Waals surface area (Å²) in [5.41, 5.74) is 7.83. The Morgan fingerprint density at radius 1 is 0.873 bits per heavy atom. The maximum absolute atomic E-state index is 13.3. The van der Waals surface area contributed by atoms with Gasteiger partial charge in [-0.15, -0.1) is 0 Å². The summed E-state index contributed by atoms with van der Waals surface area (Å²) in [5.74, 6) is 0.267. The van der Waals surface area contributed by atoms with Gasteiger partial charge in [-0.3, -0.25) is 29.4 Å². The Labute approximate surface area is 317 Å². The molecule has 14 nitrogen and oxygen atoms in total. The van der Waals surface area contributed by atoms with Gasteiger partial charge in [0.1, 0.15) is 6.04 Å². The summed E-state index contributed by atoms with van der Waals surface area (Å²) in [6, 6.07) is 19.1. The van der Waals surface area contributed by atoms with Crippen LogP contribution in [-0.2, 0) is 16.6 Å². The lowest BCUT2D eigenvalue weighted by atomic mass is 9.90. The number of carbonyl (C=O) groups is 4. The van der Waals surface area contributed by atoms with E-state index in [4.69, 9.17) is 4.98 Å². The zero-order valence-corrected chi connectivity index (χ0v) is 31.0. The molecule has 3 saturated heterocycles. The van der Waals surface area contributed by atoms with Crippen molar-refractivity contribution in [1.29, 1.82) is 0 Å². The largest absolute Gasteiger partial charge is 0.371 e. The van der Waals surface area contributed by atoms with Crippen molar-refractivity contribution in [1.82, 2.24) is 34.9 Å². The molecule has 5 aromatic rings. The molecule has 3 aromatic carbocycles. The van der Waals surface area contributed by atoms with E-state index in [9.17, 15) is 19.2 Å². The maximum atomic E-state index is 13.3. The molecular formula is C41H42N10O4. The van der Waals surface area contributed by atoms with Crippen LogP contribution in [0.1, 0.15) is 62.6 Å². The SMILES string of the molecule is Cc1cccc(C)c1Nc1nn(C)c2nc(Nc3ccc(C4CN(CC5CCN(c6ccc7c(c6)C(=O)N(C6CCC(=O)NC6=O)C7=O)C5)C4)cc3)ncc12. The topological polar surface area (TPSA) is 158 Å². The first-order chi connectivity index (χ1) is 26.6. The summed E-state index contributed by atoms with van der Waals surface area (Å²) in [7, 11) is 1.89. The van der Waals surface area contributed by atoms with Gasteiger partial charge in [0.25, 0.3) is 11.8 Å². The van der Waals surface area contributed by atoms with Gasteiger partial charge in [0.2, 0.25) is 17.8 Å². The highest BCUT2D eigenvalue weighted by Gasteiger charge is 2.45. The molecule has 14 heteroatoms. The molecule has 0 spiro atoms. The minimum atomic E-state index is -0.963. The van der Waals surface area contributed by atoms with E-state index in [1.807, 2.05) is 25.4 Å². The van der Waals surface area contributed by atoms with Crippen LogP contribution in [0.3, 0.4) is 0 Å². The van der Waals surface area contributed by atoms with E-state index in [-0.39, 0.29) is 18.7 Å². The van der Waals surface area contributed by atoms with Crippen LogP contribution in [0.5, 0.6) is 0 Å². The highest BCUT2D eigenvalue weighted by atomic mass is 16.2. The summed E-state index contributed by atoms with van der Waals surface area (Å²) >= 11 is 0. The molecule has 55 heavy (non-hydrogen) atoms. The number of aryl methyl sites for hydroxylation is 3. The normalized spacial score (nSPS) is 20.3. The zero-order chi connectivity index (χ0) is 38.0. The third kappa shape index (κ3) is 6.35. The van der Waals surface area contributed by atoms with Gasteiger partial charge in [-0.05, 0) is 79.6 Å². The number of nitrogens with one attached hydrogen (secondary N) is 3. The monoisotopic (exact) mass is 738 g/mol. The number of nitrogens with zero attached hydrogens (tertiary/aromatic N) is 7. The number of para-hydroxylation sites is 1. The third-order valence-corrected chi connectivity index (χ3v) is 11.5. The summed E-state index contributed by atoms with van der Waals surface area (Å²) < 4.78 is 1.77. The van der Waals surface area contributed by atoms with Gasteiger partial charge in [0.15, 0.2) is 11.5 Å². The molecule has 280 valence electrons. The number of anilines is 5. The van der Waals surface area contributed by atoms with E-state index >= 15 is 0 Å². The fraction of sp³-hybridized carbons (Fsp3) is 0.341. The van der Waals surface area contributed by atoms with Crippen molar-refractivity contribution in [2.24, 2.45) is 13.0 Å². The molecule has 2 unspecified atom stereocenters. The molecular weight excluding hydrogens is 697 g/mol. The first-order valence-corrected chi connectivity index (χ1v) is 18.8. The van der Waals surface area contributed by atoms with Crippen LogP contribution in [0, 0.1) is 19.8 Å². The van der Waals surface area contributed by atoms with Crippen molar-refractivity contribution in [2.45, 2.75) is 45.1 Å². The molecule has 2 atom stereocenters. The number of fused-ring (bicyclic) bond motifs is 2. The Balaban J connectivity index is 0.772. The summed E-state index contributed by atoms with van der Waals surface area (Å²) in [6.45, 7) is 8.92. The second-order valence-corrected chi connectivity index (χ2v) is 15.2. The summed E-state index contributed by atoms with van der Waals surface area (Å²) in [6.07, 6.45) is 3.10. The van der Waals surface area contributed by atoms with E-state index in [1.165, 1.54) is 5.56 Å². The Morgan fingerprint density at radius 2 is 1.64 bits per heavy atom. The first-order valence-electron chi connectivity index (χ1n) is 18.8. The van der Waals surface area contributed by atoms with Gasteiger partial charge in [0, 0.05) is 75.4 Å². The molecule has 3 fully saturated rings. The van der Waals surface area contributed by atoms with E-state index in [1.54, 1.807) is 16.8 Å². The predicted molar refractivity (Wildman–Crippen MR) is 208 cm³/mol. The standard InChI is InChI=1S/C41H42N10O4/c1-23-5-4-6-24(2)35(23)45-36-32-18-42-41(46-37(32)48(3)47-36)43-28-9-7-26(8-10-28)27-21-49(22-27)19-25-15-16-50(20-25)29-11-12-30-31(17-29)40(55)51(39(30)54)33-13-14-34(52)44-38(33)53/h4-12,17-18,25,27,33H,13-16,19-22H2,1-3H3,(H,45,47)(H,42,43,46)(H,44,52,53). The third-order valence-electron chi connectivity index (χ3n) is 11.5. The molecule has 6 heterocycles. The maximum Gasteiger partial charge on any atom is 0.262 e. The summed E-state index contributed by atoms with van der Waals surface area (Å²) in [5, 5.41) is 14.6. The molecule has 2 aromatic heterocycles. The van der Waals surface area contributed by atoms with Crippen LogP contribution in [-0.4, -0.2) is 91.9 Å². The van der Waals surface area contributed by atoms with E-state index in [2.05, 4.69) is 86.1 Å². The number of piperidine rings is 1. The fourth-order valence-electron chi connectivity index (χ4n) is 8.45. The number of likely N-dealkylation sites (tertiary alicyclic amines) is 1. The molecule has 4 amide bonds. The Hall–Kier alpha value is -6.15. The average molecular weight is 739 g/mol. The van der Waals surface area contributed by atoms with Crippen LogP contribution < -0.4 is 20.9 Å².